The van der Waals surface area contributed by atoms with Gasteiger partial charge in [0.15, 0.2) is 0 Å². The summed E-state index contributed by atoms with van der Waals surface area (Å²) in [7, 11) is 0. The van der Waals surface area contributed by atoms with E-state index in [-0.39, 0.29) is 0 Å². The van der Waals surface area contributed by atoms with Gasteiger partial charge in [0.25, 0.3) is 0 Å². The smallest absolute Gasteiger partial charge is 0.131 e. The van der Waals surface area contributed by atoms with Crippen molar-refractivity contribution in [2.75, 3.05) is 0 Å². The number of hydrogen-bond donors (Lipinski definition) is 0. The van der Waals surface area contributed by atoms with Crippen LogP contribution in [0.2, 0.25) is 5.02 Å². The Bertz CT molecular complexity index is 422. The van der Waals surface area contributed by atoms with Gasteiger partial charge in [0.05, 0.1) is 5.88 Å². The van der Waals surface area contributed by atoms with Crippen LogP contribution in [0.3, 0.4) is 0 Å². The number of alkyl halides is 1. The van der Waals surface area contributed by atoms with E-state index in [0.29, 0.717) is 10.9 Å². The van der Waals surface area contributed by atoms with Crippen molar-refractivity contribution in [3.05, 3.63) is 41.2 Å². The second-order valence-corrected chi connectivity index (χ2v) is 3.52. The molecule has 0 N–H and O–H groups in total. The molecule has 0 aliphatic carbocycles. The predicted molar refractivity (Wildman–Crippen MR) is 56.5 cm³/mol. The van der Waals surface area contributed by atoms with Gasteiger partial charge in [0.1, 0.15) is 12.0 Å². The van der Waals surface area contributed by atoms with Crippen molar-refractivity contribution in [1.29, 1.82) is 0 Å². The molecular weight excluding hydrogens is 221 g/mol. The Morgan fingerprint density at radius 3 is 2.57 bits per heavy atom. The maximum atomic E-state index is 5.78. The highest BCUT2D eigenvalue weighted by Gasteiger charge is 2.08. The average Bonchev–Trinajstić information content (AvgIpc) is 2.67. The Labute approximate surface area is 91.4 Å². The van der Waals surface area contributed by atoms with Crippen LogP contribution in [0.5, 0.6) is 0 Å². The zero-order valence-electron chi connectivity index (χ0n) is 7.21. The molecule has 0 atom stereocenters. The molecule has 0 saturated carbocycles. The third-order valence-electron chi connectivity index (χ3n) is 1.93. The van der Waals surface area contributed by atoms with E-state index in [1.807, 2.05) is 24.3 Å². The first kappa shape index (κ1) is 9.56. The summed E-state index contributed by atoms with van der Waals surface area (Å²) in [6.07, 6.45) is 1.58. The van der Waals surface area contributed by atoms with E-state index >= 15 is 0 Å². The van der Waals surface area contributed by atoms with E-state index in [1.54, 1.807) is 6.26 Å². The zero-order valence-corrected chi connectivity index (χ0v) is 8.72. The molecule has 0 fully saturated rings. The molecule has 0 saturated heterocycles. The first-order valence-corrected chi connectivity index (χ1v) is 4.97. The average molecular weight is 228 g/mol. The number of halogens is 2. The summed E-state index contributed by atoms with van der Waals surface area (Å²) in [5, 5.41) is 4.50. The lowest BCUT2D eigenvalue weighted by Gasteiger charge is -1.98. The molecule has 1 aromatic carbocycles. The van der Waals surface area contributed by atoms with Crippen LogP contribution in [-0.2, 0) is 5.88 Å². The highest BCUT2D eigenvalue weighted by molar-refractivity contribution is 6.30. The SMILES string of the molecule is ClCc1nocc1-c1ccc(Cl)cc1. The van der Waals surface area contributed by atoms with Crippen molar-refractivity contribution in [1.82, 2.24) is 5.16 Å². The molecule has 0 radical (unpaired) electrons. The molecule has 1 aromatic heterocycles. The van der Waals surface area contributed by atoms with Gasteiger partial charge in [-0.3, -0.25) is 0 Å². The Morgan fingerprint density at radius 1 is 1.21 bits per heavy atom. The van der Waals surface area contributed by atoms with Crippen molar-refractivity contribution in [3.8, 4) is 11.1 Å². The molecule has 1 heterocycles. The molecule has 72 valence electrons. The Hall–Kier alpha value is -0.990. The van der Waals surface area contributed by atoms with Crippen molar-refractivity contribution in [2.24, 2.45) is 0 Å². The molecule has 0 bridgehead atoms. The number of rotatable bonds is 2. The minimum absolute atomic E-state index is 0.342. The summed E-state index contributed by atoms with van der Waals surface area (Å²) in [5.74, 6) is 0.342. The maximum Gasteiger partial charge on any atom is 0.131 e. The minimum atomic E-state index is 0.342. The topological polar surface area (TPSA) is 26.0 Å². The van der Waals surface area contributed by atoms with Crippen LogP contribution in [0, 0.1) is 0 Å². The van der Waals surface area contributed by atoms with Crippen molar-refractivity contribution in [3.63, 3.8) is 0 Å². The summed E-state index contributed by atoms with van der Waals surface area (Å²) < 4.78 is 4.85. The van der Waals surface area contributed by atoms with Crippen molar-refractivity contribution in [2.45, 2.75) is 5.88 Å². The second kappa shape index (κ2) is 4.03. The summed E-state index contributed by atoms with van der Waals surface area (Å²) in [4.78, 5) is 0. The lowest BCUT2D eigenvalue weighted by Crippen LogP contribution is -1.82. The standard InChI is InChI=1S/C10H7Cl2NO/c11-5-10-9(6-14-13-10)7-1-3-8(12)4-2-7/h1-4,6H,5H2. The van der Waals surface area contributed by atoms with Crippen LogP contribution in [0.25, 0.3) is 11.1 Å². The maximum absolute atomic E-state index is 5.78. The van der Waals surface area contributed by atoms with Gasteiger partial charge in [-0.25, -0.2) is 0 Å². The van der Waals surface area contributed by atoms with Gasteiger partial charge in [0, 0.05) is 10.6 Å². The monoisotopic (exact) mass is 227 g/mol. The zero-order chi connectivity index (χ0) is 9.97. The number of hydrogen-bond acceptors (Lipinski definition) is 2. The van der Waals surface area contributed by atoms with Crippen LogP contribution in [0.15, 0.2) is 35.1 Å². The van der Waals surface area contributed by atoms with Gasteiger partial charge in [0.2, 0.25) is 0 Å². The molecule has 4 heteroatoms. The highest BCUT2D eigenvalue weighted by atomic mass is 35.5. The lowest BCUT2D eigenvalue weighted by atomic mass is 10.1. The first-order valence-electron chi connectivity index (χ1n) is 4.06. The van der Waals surface area contributed by atoms with Crippen LogP contribution in [0.1, 0.15) is 5.69 Å². The summed E-state index contributed by atoms with van der Waals surface area (Å²) in [5.41, 5.74) is 2.66. The van der Waals surface area contributed by atoms with Crippen LogP contribution < -0.4 is 0 Å². The lowest BCUT2D eigenvalue weighted by molar-refractivity contribution is 0.414. The molecule has 0 unspecified atom stereocenters. The van der Waals surface area contributed by atoms with E-state index in [2.05, 4.69) is 5.16 Å². The van der Waals surface area contributed by atoms with Gasteiger partial charge >= 0.3 is 0 Å². The van der Waals surface area contributed by atoms with Crippen molar-refractivity contribution < 1.29 is 4.52 Å². The quantitative estimate of drug-likeness (QED) is 0.732. The molecule has 0 aliphatic rings. The second-order valence-electron chi connectivity index (χ2n) is 2.82. The van der Waals surface area contributed by atoms with E-state index in [0.717, 1.165) is 16.8 Å². The van der Waals surface area contributed by atoms with Crippen LogP contribution in [0.4, 0.5) is 0 Å². The van der Waals surface area contributed by atoms with Gasteiger partial charge < -0.3 is 4.52 Å². The van der Waals surface area contributed by atoms with E-state index < -0.39 is 0 Å². The van der Waals surface area contributed by atoms with E-state index in [4.69, 9.17) is 27.7 Å². The number of nitrogens with zero attached hydrogens (tertiary/aromatic N) is 1. The molecule has 2 rings (SSSR count). The van der Waals surface area contributed by atoms with Crippen LogP contribution in [-0.4, -0.2) is 5.16 Å². The van der Waals surface area contributed by atoms with Gasteiger partial charge in [-0.2, -0.15) is 0 Å². The Kier molecular flexibility index (Phi) is 2.75. The predicted octanol–water partition coefficient (Wildman–Crippen LogP) is 3.73. The summed E-state index contributed by atoms with van der Waals surface area (Å²) >= 11 is 11.5. The summed E-state index contributed by atoms with van der Waals surface area (Å²) in [6.45, 7) is 0. The number of aromatic nitrogens is 1. The third-order valence-corrected chi connectivity index (χ3v) is 2.43. The molecule has 0 aliphatic heterocycles. The highest BCUT2D eigenvalue weighted by Crippen LogP contribution is 2.25. The van der Waals surface area contributed by atoms with Gasteiger partial charge in [-0.1, -0.05) is 28.9 Å². The largest absolute Gasteiger partial charge is 0.364 e. The molecule has 0 amide bonds. The van der Waals surface area contributed by atoms with E-state index in [1.165, 1.54) is 0 Å². The fourth-order valence-corrected chi connectivity index (χ4v) is 1.54. The number of benzene rings is 1. The van der Waals surface area contributed by atoms with Crippen LogP contribution >= 0.6 is 23.2 Å². The van der Waals surface area contributed by atoms with Gasteiger partial charge in [-0.05, 0) is 17.7 Å². The van der Waals surface area contributed by atoms with E-state index in [9.17, 15) is 0 Å². The van der Waals surface area contributed by atoms with Gasteiger partial charge in [-0.15, -0.1) is 11.6 Å². The minimum Gasteiger partial charge on any atom is -0.364 e. The third kappa shape index (κ3) is 1.76. The fraction of sp³-hybridized carbons (Fsp3) is 0.100. The first-order chi connectivity index (χ1) is 6.81. The fourth-order valence-electron chi connectivity index (χ4n) is 1.22. The Morgan fingerprint density at radius 2 is 1.93 bits per heavy atom. The Balaban J connectivity index is 2.44. The summed E-state index contributed by atoms with van der Waals surface area (Å²) in [6, 6.07) is 7.46. The molecule has 0 spiro atoms. The molecule has 2 aromatic rings. The molecular formula is C10H7Cl2NO. The van der Waals surface area contributed by atoms with Crippen molar-refractivity contribution >= 4 is 23.2 Å². The molecule has 14 heavy (non-hydrogen) atoms. The molecule has 2 nitrogen and oxygen atoms in total. The normalized spacial score (nSPS) is 10.4.